The summed E-state index contributed by atoms with van der Waals surface area (Å²) >= 11 is 1.09. The molecule has 1 nitrogen and oxygen atoms in total. The SMILES string of the molecule is CC(C)NCC(F)(F)c1cccs1. The zero-order valence-electron chi connectivity index (χ0n) is 7.68. The Morgan fingerprint density at radius 2 is 2.23 bits per heavy atom. The summed E-state index contributed by atoms with van der Waals surface area (Å²) in [4.78, 5) is 0.126. The van der Waals surface area contributed by atoms with Gasteiger partial charge in [-0.3, -0.25) is 0 Å². The molecule has 1 aromatic rings. The van der Waals surface area contributed by atoms with E-state index in [1.165, 1.54) is 6.07 Å². The van der Waals surface area contributed by atoms with Gasteiger partial charge in [-0.25, -0.2) is 0 Å². The minimum atomic E-state index is -2.74. The molecule has 0 fully saturated rings. The third kappa shape index (κ3) is 3.04. The Labute approximate surface area is 80.8 Å². The van der Waals surface area contributed by atoms with E-state index in [2.05, 4.69) is 5.32 Å². The zero-order chi connectivity index (χ0) is 9.90. The van der Waals surface area contributed by atoms with E-state index in [9.17, 15) is 8.78 Å². The Kier molecular flexibility index (Phi) is 3.39. The third-order valence-corrected chi connectivity index (χ3v) is 2.60. The Balaban J connectivity index is 2.56. The number of nitrogens with one attached hydrogen (secondary N) is 1. The highest BCUT2D eigenvalue weighted by Crippen LogP contribution is 2.30. The average molecular weight is 205 g/mol. The number of rotatable bonds is 4. The maximum absolute atomic E-state index is 13.3. The van der Waals surface area contributed by atoms with E-state index in [1.807, 2.05) is 13.8 Å². The second kappa shape index (κ2) is 4.15. The predicted molar refractivity (Wildman–Crippen MR) is 51.4 cm³/mol. The molecule has 13 heavy (non-hydrogen) atoms. The smallest absolute Gasteiger partial charge is 0.294 e. The molecule has 0 aliphatic rings. The molecule has 1 aromatic heterocycles. The second-order valence-electron chi connectivity index (χ2n) is 3.22. The molecular formula is C9H13F2NS. The molecule has 4 heteroatoms. The third-order valence-electron chi connectivity index (χ3n) is 1.61. The summed E-state index contributed by atoms with van der Waals surface area (Å²) in [5.74, 6) is -2.74. The summed E-state index contributed by atoms with van der Waals surface area (Å²) in [6.45, 7) is 3.42. The van der Waals surface area contributed by atoms with Gasteiger partial charge in [-0.1, -0.05) is 19.9 Å². The van der Waals surface area contributed by atoms with Crippen molar-refractivity contribution in [3.8, 4) is 0 Å². The van der Waals surface area contributed by atoms with Crippen molar-refractivity contribution in [2.75, 3.05) is 6.54 Å². The van der Waals surface area contributed by atoms with Crippen molar-refractivity contribution in [1.29, 1.82) is 0 Å². The molecule has 0 amide bonds. The predicted octanol–water partition coefficient (Wildman–Crippen LogP) is 2.84. The lowest BCUT2D eigenvalue weighted by molar-refractivity contribution is -0.00102. The highest BCUT2D eigenvalue weighted by molar-refractivity contribution is 7.10. The molecule has 74 valence electrons. The van der Waals surface area contributed by atoms with Gasteiger partial charge in [0.1, 0.15) is 0 Å². The Hall–Kier alpha value is -0.480. The normalized spacial score (nSPS) is 12.4. The van der Waals surface area contributed by atoms with E-state index in [1.54, 1.807) is 11.4 Å². The quantitative estimate of drug-likeness (QED) is 0.797. The van der Waals surface area contributed by atoms with Crippen LogP contribution in [0.4, 0.5) is 8.78 Å². The van der Waals surface area contributed by atoms with Gasteiger partial charge in [0.05, 0.1) is 11.4 Å². The van der Waals surface area contributed by atoms with Crippen LogP contribution in [0.3, 0.4) is 0 Å². The van der Waals surface area contributed by atoms with Gasteiger partial charge in [0.15, 0.2) is 0 Å². The molecule has 0 aliphatic heterocycles. The van der Waals surface area contributed by atoms with Crippen LogP contribution in [0.15, 0.2) is 17.5 Å². The lowest BCUT2D eigenvalue weighted by atomic mass is 10.2. The summed E-state index contributed by atoms with van der Waals surface area (Å²) in [7, 11) is 0. The van der Waals surface area contributed by atoms with Crippen molar-refractivity contribution < 1.29 is 8.78 Å². The van der Waals surface area contributed by atoms with Crippen LogP contribution in [0.1, 0.15) is 18.7 Å². The van der Waals surface area contributed by atoms with Gasteiger partial charge in [-0.05, 0) is 11.4 Å². The van der Waals surface area contributed by atoms with E-state index in [4.69, 9.17) is 0 Å². The van der Waals surface area contributed by atoms with Crippen molar-refractivity contribution in [2.45, 2.75) is 25.8 Å². The molecule has 1 heterocycles. The highest BCUT2D eigenvalue weighted by Gasteiger charge is 2.32. The van der Waals surface area contributed by atoms with Crippen molar-refractivity contribution in [3.63, 3.8) is 0 Å². The molecule has 1 rings (SSSR count). The topological polar surface area (TPSA) is 12.0 Å². The van der Waals surface area contributed by atoms with E-state index >= 15 is 0 Å². The van der Waals surface area contributed by atoms with Crippen LogP contribution in [-0.4, -0.2) is 12.6 Å². The molecule has 0 radical (unpaired) electrons. The van der Waals surface area contributed by atoms with E-state index in [0.29, 0.717) is 0 Å². The molecule has 0 aromatic carbocycles. The summed E-state index contributed by atoms with van der Waals surface area (Å²) in [6, 6.07) is 3.20. The van der Waals surface area contributed by atoms with Gasteiger partial charge in [-0.2, -0.15) is 8.78 Å². The lowest BCUT2D eigenvalue weighted by Crippen LogP contribution is -2.34. The molecule has 0 atom stereocenters. The van der Waals surface area contributed by atoms with Gasteiger partial charge < -0.3 is 5.32 Å². The van der Waals surface area contributed by atoms with Crippen LogP contribution < -0.4 is 5.32 Å². The maximum Gasteiger partial charge on any atom is 0.294 e. The number of halogens is 2. The highest BCUT2D eigenvalue weighted by atomic mass is 32.1. The first-order valence-electron chi connectivity index (χ1n) is 4.17. The van der Waals surface area contributed by atoms with Crippen LogP contribution in [0.2, 0.25) is 0 Å². The molecule has 0 spiro atoms. The van der Waals surface area contributed by atoms with Gasteiger partial charge in [-0.15, -0.1) is 11.3 Å². The van der Waals surface area contributed by atoms with Crippen molar-refractivity contribution in [3.05, 3.63) is 22.4 Å². The van der Waals surface area contributed by atoms with Crippen molar-refractivity contribution in [1.82, 2.24) is 5.32 Å². The molecule has 0 bridgehead atoms. The zero-order valence-corrected chi connectivity index (χ0v) is 8.50. The number of hydrogen-bond acceptors (Lipinski definition) is 2. The number of alkyl halides is 2. The van der Waals surface area contributed by atoms with Crippen LogP contribution in [0, 0.1) is 0 Å². The van der Waals surface area contributed by atoms with Crippen LogP contribution in [-0.2, 0) is 5.92 Å². The largest absolute Gasteiger partial charge is 0.309 e. The fourth-order valence-corrected chi connectivity index (χ4v) is 1.61. The summed E-state index contributed by atoms with van der Waals surface area (Å²) in [5.41, 5.74) is 0. The maximum atomic E-state index is 13.3. The summed E-state index contributed by atoms with van der Waals surface area (Å²) < 4.78 is 26.6. The molecule has 0 aliphatic carbocycles. The van der Waals surface area contributed by atoms with Crippen LogP contribution in [0.5, 0.6) is 0 Å². The van der Waals surface area contributed by atoms with Crippen molar-refractivity contribution >= 4 is 11.3 Å². The van der Waals surface area contributed by atoms with E-state index in [-0.39, 0.29) is 17.5 Å². The molecule has 0 saturated heterocycles. The fraction of sp³-hybridized carbons (Fsp3) is 0.556. The molecule has 0 saturated carbocycles. The first-order chi connectivity index (χ1) is 6.02. The Morgan fingerprint density at radius 1 is 1.54 bits per heavy atom. The van der Waals surface area contributed by atoms with Gasteiger partial charge >= 0.3 is 0 Å². The van der Waals surface area contributed by atoms with E-state index < -0.39 is 5.92 Å². The summed E-state index contributed by atoms with van der Waals surface area (Å²) in [6.07, 6.45) is 0. The van der Waals surface area contributed by atoms with Crippen LogP contribution >= 0.6 is 11.3 Å². The van der Waals surface area contributed by atoms with Gasteiger partial charge in [0.2, 0.25) is 0 Å². The average Bonchev–Trinajstić information content (AvgIpc) is 2.53. The standard InChI is InChI=1S/C9H13F2NS/c1-7(2)12-6-9(10,11)8-4-3-5-13-8/h3-5,7,12H,6H2,1-2H3. The van der Waals surface area contributed by atoms with Crippen molar-refractivity contribution in [2.24, 2.45) is 0 Å². The monoisotopic (exact) mass is 205 g/mol. The first kappa shape index (κ1) is 10.6. The van der Waals surface area contributed by atoms with E-state index in [0.717, 1.165) is 11.3 Å². The Morgan fingerprint density at radius 3 is 2.69 bits per heavy atom. The first-order valence-corrected chi connectivity index (χ1v) is 5.05. The fourth-order valence-electron chi connectivity index (χ4n) is 0.906. The Bertz CT molecular complexity index is 244. The van der Waals surface area contributed by atoms with Gasteiger partial charge in [0, 0.05) is 6.04 Å². The second-order valence-corrected chi connectivity index (χ2v) is 4.17. The molecule has 1 N–H and O–H groups in total. The minimum Gasteiger partial charge on any atom is -0.309 e. The number of hydrogen-bond donors (Lipinski definition) is 1. The van der Waals surface area contributed by atoms with Gasteiger partial charge in [0.25, 0.3) is 5.92 Å². The lowest BCUT2D eigenvalue weighted by Gasteiger charge is -2.17. The summed E-state index contributed by atoms with van der Waals surface area (Å²) in [5, 5.41) is 4.40. The molecule has 0 unspecified atom stereocenters. The van der Waals surface area contributed by atoms with Crippen LogP contribution in [0.25, 0.3) is 0 Å². The minimum absolute atomic E-state index is 0.0887. The number of thiophene rings is 1. The molecular weight excluding hydrogens is 192 g/mol.